The standard InChI is InChI=1S/C13H19FN2O2/c1-8(2)6-10(15)13(17)16-11-5-4-9(14)7-12(11)18-3/h4-5,7-8,10H,6,15H2,1-3H3,(H,16,17). The Morgan fingerprint density at radius 2 is 2.17 bits per heavy atom. The molecular weight excluding hydrogens is 235 g/mol. The Kier molecular flexibility index (Phi) is 5.09. The summed E-state index contributed by atoms with van der Waals surface area (Å²) in [4.78, 5) is 11.8. The summed E-state index contributed by atoms with van der Waals surface area (Å²) >= 11 is 0. The molecule has 4 nitrogen and oxygen atoms in total. The molecule has 0 heterocycles. The minimum Gasteiger partial charge on any atom is -0.494 e. The van der Waals surface area contributed by atoms with Crippen LogP contribution in [0.15, 0.2) is 18.2 Å². The Labute approximate surface area is 106 Å². The van der Waals surface area contributed by atoms with Crippen molar-refractivity contribution in [3.63, 3.8) is 0 Å². The molecule has 1 atom stereocenters. The Hall–Kier alpha value is -1.62. The number of carbonyl (C=O) groups is 1. The van der Waals surface area contributed by atoms with Crippen LogP contribution in [0.5, 0.6) is 5.75 Å². The Bertz CT molecular complexity index is 421. The molecule has 5 heteroatoms. The van der Waals surface area contributed by atoms with Gasteiger partial charge in [-0.15, -0.1) is 0 Å². The van der Waals surface area contributed by atoms with E-state index in [0.29, 0.717) is 18.0 Å². The monoisotopic (exact) mass is 254 g/mol. The molecule has 0 aliphatic heterocycles. The van der Waals surface area contributed by atoms with Gasteiger partial charge in [-0.25, -0.2) is 4.39 Å². The Morgan fingerprint density at radius 3 is 2.72 bits per heavy atom. The second kappa shape index (κ2) is 6.35. The fourth-order valence-electron chi connectivity index (χ4n) is 1.61. The summed E-state index contributed by atoms with van der Waals surface area (Å²) in [7, 11) is 1.42. The largest absolute Gasteiger partial charge is 0.494 e. The van der Waals surface area contributed by atoms with E-state index in [1.165, 1.54) is 25.3 Å². The van der Waals surface area contributed by atoms with Crippen molar-refractivity contribution in [2.75, 3.05) is 12.4 Å². The highest BCUT2D eigenvalue weighted by molar-refractivity contribution is 5.95. The Morgan fingerprint density at radius 1 is 1.50 bits per heavy atom. The van der Waals surface area contributed by atoms with E-state index in [1.54, 1.807) is 0 Å². The first-order valence-electron chi connectivity index (χ1n) is 5.84. The third kappa shape index (κ3) is 4.00. The SMILES string of the molecule is COc1cc(F)ccc1NC(=O)C(N)CC(C)C. The third-order valence-corrected chi connectivity index (χ3v) is 2.48. The third-order valence-electron chi connectivity index (χ3n) is 2.48. The minimum atomic E-state index is -0.584. The first-order chi connectivity index (χ1) is 8.43. The zero-order valence-electron chi connectivity index (χ0n) is 10.9. The van der Waals surface area contributed by atoms with Gasteiger partial charge in [0.25, 0.3) is 0 Å². The molecule has 1 unspecified atom stereocenters. The minimum absolute atomic E-state index is 0.278. The Balaban J connectivity index is 2.75. The lowest BCUT2D eigenvalue weighted by atomic mass is 10.0. The van der Waals surface area contributed by atoms with E-state index in [1.807, 2.05) is 13.8 Å². The summed E-state index contributed by atoms with van der Waals surface area (Å²) in [6.45, 7) is 3.98. The van der Waals surface area contributed by atoms with Gasteiger partial charge in [0.2, 0.25) is 5.91 Å². The summed E-state index contributed by atoms with van der Waals surface area (Å²) in [6, 6.07) is 3.34. The van der Waals surface area contributed by atoms with Crippen molar-refractivity contribution in [1.82, 2.24) is 0 Å². The zero-order chi connectivity index (χ0) is 13.7. The number of methoxy groups -OCH3 is 1. The van der Waals surface area contributed by atoms with Crippen molar-refractivity contribution in [1.29, 1.82) is 0 Å². The van der Waals surface area contributed by atoms with Crippen molar-refractivity contribution >= 4 is 11.6 Å². The lowest BCUT2D eigenvalue weighted by Gasteiger charge is -2.15. The van der Waals surface area contributed by atoms with Gasteiger partial charge in [-0.05, 0) is 24.5 Å². The molecule has 1 aromatic carbocycles. The first kappa shape index (κ1) is 14.4. The second-order valence-corrected chi connectivity index (χ2v) is 4.57. The number of anilines is 1. The molecule has 0 saturated carbocycles. The summed E-state index contributed by atoms with van der Waals surface area (Å²) in [6.07, 6.45) is 0.593. The number of nitrogens with one attached hydrogen (secondary N) is 1. The van der Waals surface area contributed by atoms with Gasteiger partial charge in [0.05, 0.1) is 18.8 Å². The lowest BCUT2D eigenvalue weighted by Crippen LogP contribution is -2.36. The van der Waals surface area contributed by atoms with Crippen molar-refractivity contribution in [3.05, 3.63) is 24.0 Å². The van der Waals surface area contributed by atoms with Gasteiger partial charge in [-0.3, -0.25) is 4.79 Å². The fraction of sp³-hybridized carbons (Fsp3) is 0.462. The molecule has 0 bridgehead atoms. The van der Waals surface area contributed by atoms with E-state index >= 15 is 0 Å². The lowest BCUT2D eigenvalue weighted by molar-refractivity contribution is -0.117. The highest BCUT2D eigenvalue weighted by Crippen LogP contribution is 2.25. The van der Waals surface area contributed by atoms with Crippen molar-refractivity contribution < 1.29 is 13.9 Å². The molecule has 100 valence electrons. The van der Waals surface area contributed by atoms with E-state index in [9.17, 15) is 9.18 Å². The summed E-state index contributed by atoms with van der Waals surface area (Å²) < 4.78 is 18.0. The van der Waals surface area contributed by atoms with Crippen LogP contribution in [-0.4, -0.2) is 19.1 Å². The molecule has 18 heavy (non-hydrogen) atoms. The number of hydrogen-bond acceptors (Lipinski definition) is 3. The predicted molar refractivity (Wildman–Crippen MR) is 69.0 cm³/mol. The molecule has 3 N–H and O–H groups in total. The molecule has 0 aliphatic rings. The molecular formula is C13H19FN2O2. The van der Waals surface area contributed by atoms with Crippen LogP contribution in [0.25, 0.3) is 0 Å². The molecule has 0 aliphatic carbocycles. The van der Waals surface area contributed by atoms with E-state index in [0.717, 1.165) is 0 Å². The smallest absolute Gasteiger partial charge is 0.241 e. The van der Waals surface area contributed by atoms with Gasteiger partial charge in [0, 0.05) is 6.07 Å². The van der Waals surface area contributed by atoms with Gasteiger partial charge < -0.3 is 15.8 Å². The molecule has 0 radical (unpaired) electrons. The highest BCUT2D eigenvalue weighted by atomic mass is 19.1. The maximum Gasteiger partial charge on any atom is 0.241 e. The number of amides is 1. The quantitative estimate of drug-likeness (QED) is 0.846. The van der Waals surface area contributed by atoms with Crippen LogP contribution < -0.4 is 15.8 Å². The van der Waals surface area contributed by atoms with E-state index in [2.05, 4.69) is 5.32 Å². The van der Waals surface area contributed by atoms with Gasteiger partial charge in [0.15, 0.2) is 0 Å². The molecule has 1 amide bonds. The number of carbonyl (C=O) groups excluding carboxylic acids is 1. The normalized spacial score (nSPS) is 12.3. The zero-order valence-corrected chi connectivity index (χ0v) is 10.9. The molecule has 1 aromatic rings. The number of halogens is 1. The fourth-order valence-corrected chi connectivity index (χ4v) is 1.61. The van der Waals surface area contributed by atoms with Crippen molar-refractivity contribution in [2.24, 2.45) is 11.7 Å². The number of nitrogens with two attached hydrogens (primary N) is 1. The van der Waals surface area contributed by atoms with Crippen LogP contribution >= 0.6 is 0 Å². The molecule has 0 saturated heterocycles. The van der Waals surface area contributed by atoms with E-state index in [4.69, 9.17) is 10.5 Å². The molecule has 1 rings (SSSR count). The van der Waals surface area contributed by atoms with Gasteiger partial charge in [0.1, 0.15) is 11.6 Å². The number of ether oxygens (including phenoxy) is 1. The van der Waals surface area contributed by atoms with E-state index in [-0.39, 0.29) is 11.7 Å². The topological polar surface area (TPSA) is 64.3 Å². The second-order valence-electron chi connectivity index (χ2n) is 4.57. The van der Waals surface area contributed by atoms with Crippen LogP contribution in [-0.2, 0) is 4.79 Å². The van der Waals surface area contributed by atoms with Gasteiger partial charge in [-0.2, -0.15) is 0 Å². The van der Waals surface area contributed by atoms with Crippen molar-refractivity contribution in [3.8, 4) is 5.75 Å². The molecule has 0 fully saturated rings. The highest BCUT2D eigenvalue weighted by Gasteiger charge is 2.16. The van der Waals surface area contributed by atoms with E-state index < -0.39 is 11.9 Å². The maximum atomic E-state index is 13.0. The number of hydrogen-bond donors (Lipinski definition) is 2. The predicted octanol–water partition coefficient (Wildman–Crippen LogP) is 2.15. The average molecular weight is 254 g/mol. The molecule has 0 aromatic heterocycles. The number of rotatable bonds is 5. The van der Waals surface area contributed by atoms with Gasteiger partial charge >= 0.3 is 0 Å². The summed E-state index contributed by atoms with van der Waals surface area (Å²) in [5, 5.41) is 2.64. The van der Waals surface area contributed by atoms with Crippen molar-refractivity contribution in [2.45, 2.75) is 26.3 Å². The van der Waals surface area contributed by atoms with Crippen LogP contribution in [0.3, 0.4) is 0 Å². The van der Waals surface area contributed by atoms with Crippen LogP contribution in [0.4, 0.5) is 10.1 Å². The van der Waals surface area contributed by atoms with Gasteiger partial charge in [-0.1, -0.05) is 13.8 Å². The molecule has 0 spiro atoms. The average Bonchev–Trinajstić information content (AvgIpc) is 2.30. The van der Waals surface area contributed by atoms with Crippen LogP contribution in [0, 0.1) is 11.7 Å². The maximum absolute atomic E-state index is 13.0. The van der Waals surface area contributed by atoms with Crippen LogP contribution in [0.1, 0.15) is 20.3 Å². The number of benzene rings is 1. The summed E-state index contributed by atoms with van der Waals surface area (Å²) in [5.41, 5.74) is 6.18. The summed E-state index contributed by atoms with van der Waals surface area (Å²) in [5.74, 6) is -0.106. The first-order valence-corrected chi connectivity index (χ1v) is 5.84. The van der Waals surface area contributed by atoms with Crippen LogP contribution in [0.2, 0.25) is 0 Å².